The van der Waals surface area contributed by atoms with E-state index in [0.29, 0.717) is 19.1 Å². The first kappa shape index (κ1) is 13.5. The van der Waals surface area contributed by atoms with E-state index in [4.69, 9.17) is 9.47 Å². The average Bonchev–Trinajstić information content (AvgIpc) is 2.17. The summed E-state index contributed by atoms with van der Waals surface area (Å²) in [5.41, 5.74) is 0. The van der Waals surface area contributed by atoms with Crippen LogP contribution in [0.1, 0.15) is 52.9 Å². The van der Waals surface area contributed by atoms with Crippen LogP contribution < -0.4 is 0 Å². The highest BCUT2D eigenvalue weighted by Crippen LogP contribution is 2.26. The summed E-state index contributed by atoms with van der Waals surface area (Å²) in [6.07, 6.45) is 5.52. The van der Waals surface area contributed by atoms with Gasteiger partial charge in [0.15, 0.2) is 0 Å². The van der Waals surface area contributed by atoms with Crippen molar-refractivity contribution < 1.29 is 14.3 Å². The number of carbonyl (C=O) groups excluding carboxylic acids is 1. The second kappa shape index (κ2) is 6.89. The second-order valence-electron chi connectivity index (χ2n) is 4.85. The van der Waals surface area contributed by atoms with Crippen molar-refractivity contribution in [3.63, 3.8) is 0 Å². The Labute approximate surface area is 98.5 Å². The minimum absolute atomic E-state index is 0.0191. The van der Waals surface area contributed by atoms with Crippen LogP contribution >= 0.6 is 0 Å². The van der Waals surface area contributed by atoms with E-state index in [1.54, 1.807) is 0 Å². The van der Waals surface area contributed by atoms with Gasteiger partial charge in [0.25, 0.3) is 0 Å². The van der Waals surface area contributed by atoms with Gasteiger partial charge >= 0.3 is 5.97 Å². The number of hydrogen-bond donors (Lipinski definition) is 0. The Kier molecular flexibility index (Phi) is 5.81. The van der Waals surface area contributed by atoms with Crippen molar-refractivity contribution in [3.8, 4) is 0 Å². The molecule has 3 nitrogen and oxygen atoms in total. The Morgan fingerprint density at radius 2 is 2.19 bits per heavy atom. The maximum atomic E-state index is 11.3. The zero-order valence-corrected chi connectivity index (χ0v) is 10.7. The van der Waals surface area contributed by atoms with E-state index in [2.05, 4.69) is 6.92 Å². The van der Waals surface area contributed by atoms with E-state index in [9.17, 15) is 4.79 Å². The lowest BCUT2D eigenvalue weighted by Crippen LogP contribution is -2.27. The minimum Gasteiger partial charge on any atom is -0.466 e. The molecule has 3 unspecified atom stereocenters. The summed E-state index contributed by atoms with van der Waals surface area (Å²) in [6.45, 7) is 6.50. The molecule has 1 aliphatic rings. The van der Waals surface area contributed by atoms with Crippen LogP contribution in [0.4, 0.5) is 0 Å². The first-order valence-electron chi connectivity index (χ1n) is 6.42. The maximum absolute atomic E-state index is 11.3. The van der Waals surface area contributed by atoms with Crippen molar-refractivity contribution in [2.45, 2.75) is 65.1 Å². The zero-order valence-electron chi connectivity index (χ0n) is 10.7. The fourth-order valence-electron chi connectivity index (χ4n) is 2.33. The molecule has 0 aromatic rings. The van der Waals surface area contributed by atoms with Crippen LogP contribution in [0.25, 0.3) is 0 Å². The quantitative estimate of drug-likeness (QED) is 0.679. The van der Waals surface area contributed by atoms with E-state index in [0.717, 1.165) is 18.8 Å². The van der Waals surface area contributed by atoms with Gasteiger partial charge in [-0.3, -0.25) is 4.79 Å². The molecule has 0 spiro atoms. The molecule has 0 heterocycles. The molecule has 0 amide bonds. The summed E-state index contributed by atoms with van der Waals surface area (Å²) in [5.74, 6) is 0.604. The van der Waals surface area contributed by atoms with E-state index < -0.39 is 0 Å². The molecule has 1 fully saturated rings. The van der Waals surface area contributed by atoms with Gasteiger partial charge in [0.2, 0.25) is 0 Å². The van der Waals surface area contributed by atoms with E-state index in [1.807, 2.05) is 13.8 Å². The molecular formula is C13H24O3. The van der Waals surface area contributed by atoms with Crippen LogP contribution in [0.2, 0.25) is 0 Å². The second-order valence-corrected chi connectivity index (χ2v) is 4.85. The number of ether oxygens (including phenoxy) is 2. The van der Waals surface area contributed by atoms with Crippen molar-refractivity contribution in [1.29, 1.82) is 0 Å². The van der Waals surface area contributed by atoms with Crippen LogP contribution in [-0.2, 0) is 14.3 Å². The number of hydrogen-bond acceptors (Lipinski definition) is 3. The molecule has 0 N–H and O–H groups in total. The molecule has 0 aromatic carbocycles. The van der Waals surface area contributed by atoms with Crippen molar-refractivity contribution in [2.75, 3.05) is 6.61 Å². The van der Waals surface area contributed by atoms with Gasteiger partial charge in [-0.2, -0.15) is 0 Å². The van der Waals surface area contributed by atoms with E-state index in [1.165, 1.54) is 12.8 Å². The highest BCUT2D eigenvalue weighted by Gasteiger charge is 2.22. The predicted molar refractivity (Wildman–Crippen MR) is 63.2 cm³/mol. The molecule has 0 bridgehead atoms. The number of carbonyl (C=O) groups is 1. The first-order chi connectivity index (χ1) is 7.61. The highest BCUT2D eigenvalue weighted by atomic mass is 16.5. The standard InChI is InChI=1S/C13H24O3/c1-4-15-13(14)9-11(3)16-12-7-5-6-10(2)8-12/h10-12H,4-9H2,1-3H3. The molecule has 0 aromatic heterocycles. The lowest BCUT2D eigenvalue weighted by atomic mass is 9.88. The Balaban J connectivity index is 2.22. The third-order valence-electron chi connectivity index (χ3n) is 3.07. The minimum atomic E-state index is -0.154. The predicted octanol–water partition coefficient (Wildman–Crippen LogP) is 2.92. The SMILES string of the molecule is CCOC(=O)CC(C)OC1CCCC(C)C1. The highest BCUT2D eigenvalue weighted by molar-refractivity contribution is 5.69. The zero-order chi connectivity index (χ0) is 12.0. The molecule has 1 saturated carbocycles. The van der Waals surface area contributed by atoms with Gasteiger partial charge < -0.3 is 9.47 Å². The average molecular weight is 228 g/mol. The summed E-state index contributed by atoms with van der Waals surface area (Å²) >= 11 is 0. The summed E-state index contributed by atoms with van der Waals surface area (Å²) < 4.78 is 10.8. The summed E-state index contributed by atoms with van der Waals surface area (Å²) in [4.78, 5) is 11.3. The van der Waals surface area contributed by atoms with Crippen LogP contribution in [0.5, 0.6) is 0 Å². The Morgan fingerprint density at radius 3 is 2.81 bits per heavy atom. The van der Waals surface area contributed by atoms with Gasteiger partial charge in [-0.1, -0.05) is 19.8 Å². The summed E-state index contributed by atoms with van der Waals surface area (Å²) in [5, 5.41) is 0. The molecule has 1 aliphatic carbocycles. The lowest BCUT2D eigenvalue weighted by molar-refractivity contribution is -0.147. The van der Waals surface area contributed by atoms with Gasteiger partial charge in [0.1, 0.15) is 0 Å². The van der Waals surface area contributed by atoms with E-state index >= 15 is 0 Å². The summed E-state index contributed by atoms with van der Waals surface area (Å²) in [6, 6.07) is 0. The molecule has 16 heavy (non-hydrogen) atoms. The Morgan fingerprint density at radius 1 is 1.44 bits per heavy atom. The lowest BCUT2D eigenvalue weighted by Gasteiger charge is -2.29. The Bertz CT molecular complexity index is 215. The van der Waals surface area contributed by atoms with Gasteiger partial charge in [-0.15, -0.1) is 0 Å². The third-order valence-corrected chi connectivity index (χ3v) is 3.07. The molecule has 0 radical (unpaired) electrons. The molecule has 0 saturated heterocycles. The molecule has 1 rings (SSSR count). The molecule has 94 valence electrons. The largest absolute Gasteiger partial charge is 0.466 e. The van der Waals surface area contributed by atoms with E-state index in [-0.39, 0.29) is 12.1 Å². The fourth-order valence-corrected chi connectivity index (χ4v) is 2.33. The topological polar surface area (TPSA) is 35.5 Å². The maximum Gasteiger partial charge on any atom is 0.308 e. The van der Waals surface area contributed by atoms with Crippen molar-refractivity contribution in [1.82, 2.24) is 0 Å². The molecular weight excluding hydrogens is 204 g/mol. The fraction of sp³-hybridized carbons (Fsp3) is 0.923. The normalized spacial score (nSPS) is 27.4. The van der Waals surface area contributed by atoms with Crippen molar-refractivity contribution >= 4 is 5.97 Å². The van der Waals surface area contributed by atoms with Gasteiger partial charge in [0.05, 0.1) is 25.2 Å². The van der Waals surface area contributed by atoms with Crippen molar-refractivity contribution in [3.05, 3.63) is 0 Å². The van der Waals surface area contributed by atoms with Crippen LogP contribution in [-0.4, -0.2) is 24.8 Å². The molecule has 0 aliphatic heterocycles. The Hall–Kier alpha value is -0.570. The number of esters is 1. The van der Waals surface area contributed by atoms with Crippen LogP contribution in [0.3, 0.4) is 0 Å². The smallest absolute Gasteiger partial charge is 0.308 e. The van der Waals surface area contributed by atoms with Gasteiger partial charge in [0, 0.05) is 0 Å². The summed E-state index contributed by atoms with van der Waals surface area (Å²) in [7, 11) is 0. The monoisotopic (exact) mass is 228 g/mol. The van der Waals surface area contributed by atoms with Crippen LogP contribution in [0, 0.1) is 5.92 Å². The van der Waals surface area contributed by atoms with Crippen molar-refractivity contribution in [2.24, 2.45) is 5.92 Å². The molecule has 3 heteroatoms. The third kappa shape index (κ3) is 4.97. The van der Waals surface area contributed by atoms with Crippen LogP contribution in [0.15, 0.2) is 0 Å². The van der Waals surface area contributed by atoms with Gasteiger partial charge in [-0.25, -0.2) is 0 Å². The molecule has 3 atom stereocenters. The number of rotatable bonds is 5. The first-order valence-corrected chi connectivity index (χ1v) is 6.42. The van der Waals surface area contributed by atoms with Gasteiger partial charge in [-0.05, 0) is 32.6 Å².